The molecule has 2 rings (SSSR count). The van der Waals surface area contributed by atoms with E-state index in [2.05, 4.69) is 17.9 Å². The van der Waals surface area contributed by atoms with Gasteiger partial charge in [-0.15, -0.1) is 0 Å². The van der Waals surface area contributed by atoms with E-state index in [1.54, 1.807) is 13.0 Å². The maximum Gasteiger partial charge on any atom is 0.134 e. The van der Waals surface area contributed by atoms with Crippen molar-refractivity contribution in [2.24, 2.45) is 0 Å². The molecule has 0 aliphatic heterocycles. The van der Waals surface area contributed by atoms with Crippen molar-refractivity contribution in [3.63, 3.8) is 0 Å². The fourth-order valence-corrected chi connectivity index (χ4v) is 2.26. The first-order valence-corrected chi connectivity index (χ1v) is 7.09. The molecule has 1 aromatic carbocycles. The molecule has 0 saturated heterocycles. The van der Waals surface area contributed by atoms with Gasteiger partial charge in [0.2, 0.25) is 0 Å². The van der Waals surface area contributed by atoms with Crippen LogP contribution >= 0.6 is 0 Å². The zero-order chi connectivity index (χ0) is 15.2. The molecule has 110 valence electrons. The number of benzene rings is 1. The minimum Gasteiger partial charge on any atom is -0.460 e. The summed E-state index contributed by atoms with van der Waals surface area (Å²) >= 11 is 0. The first-order chi connectivity index (χ1) is 10.2. The van der Waals surface area contributed by atoms with Gasteiger partial charge in [0.1, 0.15) is 17.3 Å². The lowest BCUT2D eigenvalue weighted by molar-refractivity contribution is 0.262. The Kier molecular flexibility index (Phi) is 5.13. The van der Waals surface area contributed by atoms with Gasteiger partial charge in [-0.2, -0.15) is 5.26 Å². The predicted molar refractivity (Wildman–Crippen MR) is 80.0 cm³/mol. The van der Waals surface area contributed by atoms with Gasteiger partial charge < -0.3 is 4.42 Å². The van der Waals surface area contributed by atoms with Crippen LogP contribution in [0.25, 0.3) is 11.3 Å². The number of hydrogen-bond acceptors (Lipinski definition) is 3. The second-order valence-corrected chi connectivity index (χ2v) is 4.96. The lowest BCUT2D eigenvalue weighted by Crippen LogP contribution is -2.23. The second-order valence-electron chi connectivity index (χ2n) is 4.96. The highest BCUT2D eigenvalue weighted by molar-refractivity contribution is 5.62. The van der Waals surface area contributed by atoms with E-state index in [-0.39, 0.29) is 5.82 Å². The zero-order valence-electron chi connectivity index (χ0n) is 12.4. The largest absolute Gasteiger partial charge is 0.460 e. The van der Waals surface area contributed by atoms with Crippen molar-refractivity contribution in [3.8, 4) is 17.4 Å². The Hall–Kier alpha value is -2.12. The Morgan fingerprint density at radius 1 is 1.29 bits per heavy atom. The first kappa shape index (κ1) is 15.3. The van der Waals surface area contributed by atoms with Gasteiger partial charge in [0, 0.05) is 18.5 Å². The van der Waals surface area contributed by atoms with Crippen LogP contribution in [0.15, 0.2) is 34.7 Å². The van der Waals surface area contributed by atoms with Gasteiger partial charge in [0.15, 0.2) is 0 Å². The molecule has 0 aliphatic rings. The molecule has 0 fully saturated rings. The van der Waals surface area contributed by atoms with Crippen LogP contribution < -0.4 is 0 Å². The molecule has 1 aromatic heterocycles. The molecule has 0 amide bonds. The van der Waals surface area contributed by atoms with Crippen LogP contribution in [-0.2, 0) is 6.54 Å². The highest BCUT2D eigenvalue weighted by atomic mass is 19.1. The number of furan rings is 1. The minimum atomic E-state index is -0.227. The Morgan fingerprint density at radius 3 is 2.81 bits per heavy atom. The van der Waals surface area contributed by atoms with Gasteiger partial charge in [-0.1, -0.05) is 19.1 Å². The number of nitrogens with zero attached hydrogens (tertiary/aromatic N) is 2. The van der Waals surface area contributed by atoms with E-state index in [9.17, 15) is 4.39 Å². The third kappa shape index (κ3) is 3.71. The summed E-state index contributed by atoms with van der Waals surface area (Å²) in [7, 11) is 0. The summed E-state index contributed by atoms with van der Waals surface area (Å²) in [5.74, 6) is 1.28. The van der Waals surface area contributed by atoms with Crippen molar-refractivity contribution in [2.75, 3.05) is 13.1 Å². The van der Waals surface area contributed by atoms with Crippen molar-refractivity contribution < 1.29 is 8.81 Å². The van der Waals surface area contributed by atoms with E-state index in [0.29, 0.717) is 24.3 Å². The SMILES string of the molecule is CCN(CCC#N)Cc1ccc(-c2cccc(F)c2C)o1. The molecule has 0 bridgehead atoms. The zero-order valence-corrected chi connectivity index (χ0v) is 12.4. The van der Waals surface area contributed by atoms with Crippen molar-refractivity contribution >= 4 is 0 Å². The molecule has 2 aromatic rings. The van der Waals surface area contributed by atoms with Crippen molar-refractivity contribution in [1.82, 2.24) is 4.90 Å². The molecular weight excluding hydrogens is 267 g/mol. The van der Waals surface area contributed by atoms with Gasteiger partial charge >= 0.3 is 0 Å². The Morgan fingerprint density at radius 2 is 2.10 bits per heavy atom. The van der Waals surface area contributed by atoms with Crippen molar-refractivity contribution in [2.45, 2.75) is 26.8 Å². The second kappa shape index (κ2) is 7.05. The number of hydrogen-bond donors (Lipinski definition) is 0. The lowest BCUT2D eigenvalue weighted by atomic mass is 10.1. The van der Waals surface area contributed by atoms with E-state index < -0.39 is 0 Å². The number of halogens is 1. The highest BCUT2D eigenvalue weighted by Crippen LogP contribution is 2.27. The molecule has 1 heterocycles. The molecule has 0 saturated carbocycles. The molecule has 21 heavy (non-hydrogen) atoms. The monoisotopic (exact) mass is 286 g/mol. The quantitative estimate of drug-likeness (QED) is 0.801. The van der Waals surface area contributed by atoms with E-state index in [0.717, 1.165) is 24.4 Å². The summed E-state index contributed by atoms with van der Waals surface area (Å²) in [6.45, 7) is 6.04. The molecule has 4 heteroatoms. The van der Waals surface area contributed by atoms with Gasteiger partial charge in [0.25, 0.3) is 0 Å². The molecule has 3 nitrogen and oxygen atoms in total. The van der Waals surface area contributed by atoms with E-state index in [1.165, 1.54) is 6.07 Å². The summed E-state index contributed by atoms with van der Waals surface area (Å²) in [5, 5.41) is 8.65. The topological polar surface area (TPSA) is 40.2 Å². The predicted octanol–water partition coefficient (Wildman–Crippen LogP) is 4.13. The third-order valence-electron chi connectivity index (χ3n) is 3.56. The van der Waals surface area contributed by atoms with E-state index in [4.69, 9.17) is 9.68 Å². The summed E-state index contributed by atoms with van der Waals surface area (Å²) in [5.41, 5.74) is 1.37. The average molecular weight is 286 g/mol. The fourth-order valence-electron chi connectivity index (χ4n) is 2.26. The van der Waals surface area contributed by atoms with Crippen LogP contribution in [0.4, 0.5) is 4.39 Å². The number of nitriles is 1. The normalized spacial score (nSPS) is 10.8. The van der Waals surface area contributed by atoms with Crippen molar-refractivity contribution in [1.29, 1.82) is 5.26 Å². The molecule has 0 aliphatic carbocycles. The van der Waals surface area contributed by atoms with Gasteiger partial charge in [-0.05, 0) is 37.2 Å². The highest BCUT2D eigenvalue weighted by Gasteiger charge is 2.12. The van der Waals surface area contributed by atoms with E-state index >= 15 is 0 Å². The third-order valence-corrected chi connectivity index (χ3v) is 3.56. The van der Waals surface area contributed by atoms with Crippen LogP contribution in [0, 0.1) is 24.1 Å². The van der Waals surface area contributed by atoms with Gasteiger partial charge in [-0.25, -0.2) is 4.39 Å². The smallest absolute Gasteiger partial charge is 0.134 e. The Balaban J connectivity index is 2.14. The standard InChI is InChI=1S/C17H19FN2O/c1-3-20(11-5-10-19)12-14-8-9-17(21-14)15-6-4-7-16(18)13(15)2/h4,6-9H,3,5,11-12H2,1-2H3. The lowest BCUT2D eigenvalue weighted by Gasteiger charge is -2.17. The van der Waals surface area contributed by atoms with Crippen molar-refractivity contribution in [3.05, 3.63) is 47.5 Å². The molecule has 0 N–H and O–H groups in total. The molecule has 0 spiro atoms. The molecule has 0 radical (unpaired) electrons. The van der Waals surface area contributed by atoms with Crippen LogP contribution in [0.3, 0.4) is 0 Å². The Bertz CT molecular complexity index is 642. The molecular formula is C17H19FN2O. The maximum absolute atomic E-state index is 13.6. The van der Waals surface area contributed by atoms with E-state index in [1.807, 2.05) is 18.2 Å². The van der Waals surface area contributed by atoms with Crippen LogP contribution in [-0.4, -0.2) is 18.0 Å². The minimum absolute atomic E-state index is 0.227. The van der Waals surface area contributed by atoms with Gasteiger partial charge in [0.05, 0.1) is 12.6 Å². The van der Waals surface area contributed by atoms with Gasteiger partial charge in [-0.3, -0.25) is 4.90 Å². The maximum atomic E-state index is 13.6. The molecule has 0 atom stereocenters. The summed E-state index contributed by atoms with van der Waals surface area (Å²) < 4.78 is 19.4. The van der Waals surface area contributed by atoms with Crippen LogP contribution in [0.1, 0.15) is 24.7 Å². The summed E-state index contributed by atoms with van der Waals surface area (Å²) in [6.07, 6.45) is 0.504. The summed E-state index contributed by atoms with van der Waals surface area (Å²) in [4.78, 5) is 2.14. The van der Waals surface area contributed by atoms with Crippen LogP contribution in [0.5, 0.6) is 0 Å². The fraction of sp³-hybridized carbons (Fsp3) is 0.353. The first-order valence-electron chi connectivity index (χ1n) is 7.09. The average Bonchev–Trinajstić information content (AvgIpc) is 2.94. The number of rotatable bonds is 6. The van der Waals surface area contributed by atoms with Crippen LogP contribution in [0.2, 0.25) is 0 Å². The summed E-state index contributed by atoms with van der Waals surface area (Å²) in [6, 6.07) is 10.9. The Labute approximate surface area is 124 Å². The molecule has 0 unspecified atom stereocenters.